The van der Waals surface area contributed by atoms with Gasteiger partial charge in [-0.25, -0.2) is 4.39 Å². The predicted octanol–water partition coefficient (Wildman–Crippen LogP) is 5.13. The van der Waals surface area contributed by atoms with Crippen LogP contribution < -0.4 is 4.74 Å². The average Bonchev–Trinajstić information content (AvgIpc) is 2.95. The first-order valence-electron chi connectivity index (χ1n) is 7.36. The molecule has 1 aromatic heterocycles. The van der Waals surface area contributed by atoms with E-state index in [-0.39, 0.29) is 11.6 Å². The van der Waals surface area contributed by atoms with Gasteiger partial charge in [-0.3, -0.25) is 0 Å². The third-order valence-electron chi connectivity index (χ3n) is 3.47. The molecule has 0 N–H and O–H groups in total. The Labute approximate surface area is 158 Å². The van der Waals surface area contributed by atoms with Crippen LogP contribution in [0.3, 0.4) is 0 Å². The van der Waals surface area contributed by atoms with E-state index in [4.69, 9.17) is 27.9 Å². The summed E-state index contributed by atoms with van der Waals surface area (Å²) in [5, 5.41) is 9.83. The molecule has 8 heteroatoms. The number of benzene rings is 2. The fourth-order valence-electron chi connectivity index (χ4n) is 2.04. The zero-order chi connectivity index (χ0) is 17.8. The Morgan fingerprint density at radius 2 is 1.88 bits per heavy atom. The zero-order valence-corrected chi connectivity index (χ0v) is 15.6. The van der Waals surface area contributed by atoms with Gasteiger partial charge in [0.15, 0.2) is 11.0 Å². The Morgan fingerprint density at radius 1 is 1.12 bits per heavy atom. The number of hydrogen-bond donors (Lipinski definition) is 0. The van der Waals surface area contributed by atoms with E-state index in [0.717, 1.165) is 16.5 Å². The number of thioether (sulfide) groups is 1. The van der Waals surface area contributed by atoms with Crippen molar-refractivity contribution in [3.8, 4) is 5.75 Å². The molecule has 0 unspecified atom stereocenters. The molecule has 0 radical (unpaired) electrons. The Morgan fingerprint density at radius 3 is 2.60 bits per heavy atom. The van der Waals surface area contributed by atoms with Gasteiger partial charge < -0.3 is 9.30 Å². The molecular weight excluding hydrogens is 384 g/mol. The van der Waals surface area contributed by atoms with Crippen LogP contribution in [0.2, 0.25) is 10.0 Å². The van der Waals surface area contributed by atoms with Crippen LogP contribution in [0, 0.1) is 5.82 Å². The SMILES string of the molecule is Cn1c(COc2ccc(F)c(Cl)c2)nnc1SCc1ccc(Cl)cc1. The monoisotopic (exact) mass is 397 g/mol. The predicted molar refractivity (Wildman–Crippen MR) is 97.8 cm³/mol. The number of rotatable bonds is 6. The number of ether oxygens (including phenoxy) is 1. The van der Waals surface area contributed by atoms with Crippen molar-refractivity contribution in [3.05, 3.63) is 69.7 Å². The molecule has 25 heavy (non-hydrogen) atoms. The van der Waals surface area contributed by atoms with Crippen molar-refractivity contribution < 1.29 is 9.13 Å². The van der Waals surface area contributed by atoms with Crippen molar-refractivity contribution in [2.45, 2.75) is 17.5 Å². The van der Waals surface area contributed by atoms with E-state index in [1.807, 2.05) is 35.9 Å². The number of aromatic nitrogens is 3. The maximum atomic E-state index is 13.2. The molecule has 4 nitrogen and oxygen atoms in total. The summed E-state index contributed by atoms with van der Waals surface area (Å²) < 4.78 is 20.6. The fraction of sp³-hybridized carbons (Fsp3) is 0.176. The second kappa shape index (κ2) is 8.08. The van der Waals surface area contributed by atoms with Gasteiger partial charge in [-0.1, -0.05) is 47.1 Å². The quantitative estimate of drug-likeness (QED) is 0.540. The lowest BCUT2D eigenvalue weighted by Gasteiger charge is -2.07. The molecule has 0 atom stereocenters. The van der Waals surface area contributed by atoms with Crippen molar-refractivity contribution in [1.29, 1.82) is 0 Å². The maximum Gasteiger partial charge on any atom is 0.191 e. The molecule has 0 bridgehead atoms. The van der Waals surface area contributed by atoms with Gasteiger partial charge in [-0.15, -0.1) is 10.2 Å². The van der Waals surface area contributed by atoms with Crippen molar-refractivity contribution >= 4 is 35.0 Å². The van der Waals surface area contributed by atoms with Crippen molar-refractivity contribution in [2.24, 2.45) is 7.05 Å². The lowest BCUT2D eigenvalue weighted by Crippen LogP contribution is -2.04. The van der Waals surface area contributed by atoms with E-state index in [2.05, 4.69) is 10.2 Å². The van der Waals surface area contributed by atoms with E-state index in [9.17, 15) is 4.39 Å². The summed E-state index contributed by atoms with van der Waals surface area (Å²) in [5.41, 5.74) is 1.15. The lowest BCUT2D eigenvalue weighted by molar-refractivity contribution is 0.290. The first kappa shape index (κ1) is 18.0. The van der Waals surface area contributed by atoms with Gasteiger partial charge in [0.2, 0.25) is 0 Å². The molecule has 0 aliphatic rings. The number of nitrogens with zero attached hydrogens (tertiary/aromatic N) is 3. The van der Waals surface area contributed by atoms with Crippen LogP contribution in [0.1, 0.15) is 11.4 Å². The minimum atomic E-state index is -0.478. The Hall–Kier alpha value is -1.76. The maximum absolute atomic E-state index is 13.2. The van der Waals surface area contributed by atoms with E-state index in [0.29, 0.717) is 16.6 Å². The third-order valence-corrected chi connectivity index (χ3v) is 5.10. The summed E-state index contributed by atoms with van der Waals surface area (Å²) in [6, 6.07) is 11.9. The molecular formula is C17H14Cl2FN3OS. The molecule has 0 fully saturated rings. The summed E-state index contributed by atoms with van der Waals surface area (Å²) >= 11 is 13.2. The Bertz CT molecular complexity index is 871. The molecule has 3 rings (SSSR count). The van der Waals surface area contributed by atoms with Crippen molar-refractivity contribution in [2.75, 3.05) is 0 Å². The van der Waals surface area contributed by atoms with Crippen LogP contribution in [0.25, 0.3) is 0 Å². The van der Waals surface area contributed by atoms with Gasteiger partial charge in [-0.05, 0) is 29.8 Å². The van der Waals surface area contributed by atoms with E-state index >= 15 is 0 Å². The Balaban J connectivity index is 1.60. The van der Waals surface area contributed by atoms with Gasteiger partial charge in [0.1, 0.15) is 18.2 Å². The number of hydrogen-bond acceptors (Lipinski definition) is 4. The first-order valence-corrected chi connectivity index (χ1v) is 9.10. The fourth-order valence-corrected chi connectivity index (χ4v) is 3.22. The largest absolute Gasteiger partial charge is 0.486 e. The van der Waals surface area contributed by atoms with Crippen LogP contribution in [0.5, 0.6) is 5.75 Å². The highest BCUT2D eigenvalue weighted by molar-refractivity contribution is 7.98. The summed E-state index contributed by atoms with van der Waals surface area (Å²) in [6.45, 7) is 0.215. The van der Waals surface area contributed by atoms with Gasteiger partial charge in [0.25, 0.3) is 0 Å². The highest BCUT2D eigenvalue weighted by Crippen LogP contribution is 2.24. The van der Waals surface area contributed by atoms with Crippen LogP contribution in [-0.2, 0) is 19.4 Å². The minimum Gasteiger partial charge on any atom is -0.486 e. The average molecular weight is 398 g/mol. The smallest absolute Gasteiger partial charge is 0.191 e. The van der Waals surface area contributed by atoms with Gasteiger partial charge in [-0.2, -0.15) is 0 Å². The molecule has 0 saturated heterocycles. The highest BCUT2D eigenvalue weighted by Gasteiger charge is 2.11. The van der Waals surface area contributed by atoms with Gasteiger partial charge in [0.05, 0.1) is 5.02 Å². The van der Waals surface area contributed by atoms with Crippen LogP contribution >= 0.6 is 35.0 Å². The van der Waals surface area contributed by atoms with E-state index < -0.39 is 5.82 Å². The van der Waals surface area contributed by atoms with Crippen LogP contribution in [0.15, 0.2) is 47.6 Å². The molecule has 0 aliphatic carbocycles. The second-order valence-electron chi connectivity index (χ2n) is 5.24. The second-order valence-corrected chi connectivity index (χ2v) is 7.02. The van der Waals surface area contributed by atoms with Crippen molar-refractivity contribution in [1.82, 2.24) is 14.8 Å². The summed E-state index contributed by atoms with van der Waals surface area (Å²) in [4.78, 5) is 0. The summed E-state index contributed by atoms with van der Waals surface area (Å²) in [5.74, 6) is 1.43. The lowest BCUT2D eigenvalue weighted by atomic mass is 10.2. The topological polar surface area (TPSA) is 39.9 Å². The molecule has 3 aromatic rings. The zero-order valence-electron chi connectivity index (χ0n) is 13.2. The molecule has 0 saturated carbocycles. The summed E-state index contributed by atoms with van der Waals surface area (Å²) in [6.07, 6.45) is 0. The standard InChI is InChI=1S/C17H14Cl2FN3OS/c1-23-16(9-24-13-6-7-15(20)14(19)8-13)21-22-17(23)25-10-11-2-4-12(18)5-3-11/h2-8H,9-10H2,1H3. The number of halogens is 3. The van der Waals surface area contributed by atoms with Gasteiger partial charge >= 0.3 is 0 Å². The van der Waals surface area contributed by atoms with Crippen LogP contribution in [0.4, 0.5) is 4.39 Å². The normalized spacial score (nSPS) is 10.9. The molecule has 0 aliphatic heterocycles. The van der Waals surface area contributed by atoms with Gasteiger partial charge in [0, 0.05) is 23.9 Å². The van der Waals surface area contributed by atoms with Crippen molar-refractivity contribution in [3.63, 3.8) is 0 Å². The molecule has 130 valence electrons. The Kier molecular flexibility index (Phi) is 5.83. The highest BCUT2D eigenvalue weighted by atomic mass is 35.5. The van der Waals surface area contributed by atoms with Crippen LogP contribution in [-0.4, -0.2) is 14.8 Å². The minimum absolute atomic E-state index is 0.0228. The molecule has 0 spiro atoms. The molecule has 0 amide bonds. The first-order chi connectivity index (χ1) is 12.0. The third kappa shape index (κ3) is 4.66. The molecule has 2 aromatic carbocycles. The molecule has 1 heterocycles. The summed E-state index contributed by atoms with van der Waals surface area (Å²) in [7, 11) is 1.88. The van der Waals surface area contributed by atoms with E-state index in [1.165, 1.54) is 18.2 Å². The van der Waals surface area contributed by atoms with E-state index in [1.54, 1.807) is 11.8 Å².